The molecule has 2 heterocycles. The lowest BCUT2D eigenvalue weighted by Gasteiger charge is -2.20. The van der Waals surface area contributed by atoms with E-state index in [-0.39, 0.29) is 12.5 Å². The zero-order chi connectivity index (χ0) is 22.9. The quantitative estimate of drug-likeness (QED) is 0.313. The van der Waals surface area contributed by atoms with Crippen molar-refractivity contribution in [2.45, 2.75) is 52.5 Å². The van der Waals surface area contributed by atoms with Crippen molar-refractivity contribution in [3.05, 3.63) is 36.0 Å². The zero-order valence-electron chi connectivity index (χ0n) is 19.4. The Hall–Kier alpha value is -2.67. The topological polar surface area (TPSA) is 74.6 Å². The average Bonchev–Trinajstić information content (AvgIpc) is 3.45. The van der Waals surface area contributed by atoms with E-state index in [0.29, 0.717) is 17.5 Å². The van der Waals surface area contributed by atoms with Gasteiger partial charge in [-0.2, -0.15) is 0 Å². The van der Waals surface area contributed by atoms with E-state index in [4.69, 9.17) is 0 Å². The fourth-order valence-electron chi connectivity index (χ4n) is 4.45. The Morgan fingerprint density at radius 1 is 1.00 bits per heavy atom. The molecule has 0 saturated carbocycles. The van der Waals surface area contributed by atoms with Crippen LogP contribution in [0.2, 0.25) is 0 Å². The number of para-hydroxylation sites is 1. The van der Waals surface area contributed by atoms with Crippen LogP contribution in [-0.4, -0.2) is 71.2 Å². The van der Waals surface area contributed by atoms with Gasteiger partial charge in [-0.1, -0.05) is 32.0 Å². The third kappa shape index (κ3) is 5.97. The highest BCUT2D eigenvalue weighted by molar-refractivity contribution is 6.45. The normalized spacial score (nSPS) is 13.8. The SMILES string of the molecule is CCCN(CCC)CCCNC(=O)C(=O)c1cn(CC(=O)N2CCCC2)c2ccccc12. The van der Waals surface area contributed by atoms with Crippen LogP contribution in [-0.2, 0) is 16.1 Å². The van der Waals surface area contributed by atoms with Crippen LogP contribution < -0.4 is 5.32 Å². The average molecular weight is 441 g/mol. The number of fused-ring (bicyclic) bond motifs is 1. The van der Waals surface area contributed by atoms with Crippen LogP contribution in [0, 0.1) is 0 Å². The molecule has 2 amide bonds. The second-order valence-electron chi connectivity index (χ2n) is 8.56. The number of likely N-dealkylation sites (tertiary alicyclic amines) is 1. The fourth-order valence-corrected chi connectivity index (χ4v) is 4.45. The Balaban J connectivity index is 1.63. The summed E-state index contributed by atoms with van der Waals surface area (Å²) in [5.74, 6) is -1.08. The van der Waals surface area contributed by atoms with E-state index in [1.165, 1.54) is 0 Å². The largest absolute Gasteiger partial charge is 0.349 e. The first-order chi connectivity index (χ1) is 15.5. The van der Waals surface area contributed by atoms with Gasteiger partial charge in [0, 0.05) is 36.7 Å². The van der Waals surface area contributed by atoms with Gasteiger partial charge in [0.25, 0.3) is 11.7 Å². The van der Waals surface area contributed by atoms with Crippen molar-refractivity contribution < 1.29 is 14.4 Å². The lowest BCUT2D eigenvalue weighted by molar-refractivity contribution is -0.130. The summed E-state index contributed by atoms with van der Waals surface area (Å²) >= 11 is 0. The number of carbonyl (C=O) groups is 3. The van der Waals surface area contributed by atoms with Gasteiger partial charge in [0.05, 0.1) is 5.56 Å². The number of nitrogens with one attached hydrogen (secondary N) is 1. The van der Waals surface area contributed by atoms with Crippen molar-refractivity contribution in [1.82, 2.24) is 19.7 Å². The molecule has 1 aliphatic rings. The maximum Gasteiger partial charge on any atom is 0.292 e. The predicted molar refractivity (Wildman–Crippen MR) is 127 cm³/mol. The van der Waals surface area contributed by atoms with Crippen LogP contribution in [0.4, 0.5) is 0 Å². The zero-order valence-corrected chi connectivity index (χ0v) is 19.4. The molecule has 2 aromatic rings. The molecule has 0 unspecified atom stereocenters. The van der Waals surface area contributed by atoms with Gasteiger partial charge in [0.2, 0.25) is 5.91 Å². The number of hydrogen-bond donors (Lipinski definition) is 1. The van der Waals surface area contributed by atoms with Crippen molar-refractivity contribution in [3.63, 3.8) is 0 Å². The predicted octanol–water partition coefficient (Wildman–Crippen LogP) is 3.07. The second-order valence-corrected chi connectivity index (χ2v) is 8.56. The Bertz CT molecular complexity index is 924. The van der Waals surface area contributed by atoms with Gasteiger partial charge in [0.15, 0.2) is 0 Å². The minimum atomic E-state index is -0.587. The minimum absolute atomic E-state index is 0.0513. The molecule has 1 N–H and O–H groups in total. The Labute approximate surface area is 190 Å². The molecule has 32 heavy (non-hydrogen) atoms. The van der Waals surface area contributed by atoms with E-state index in [2.05, 4.69) is 24.1 Å². The highest BCUT2D eigenvalue weighted by Crippen LogP contribution is 2.22. The van der Waals surface area contributed by atoms with E-state index in [0.717, 1.165) is 70.3 Å². The summed E-state index contributed by atoms with van der Waals surface area (Å²) in [5, 5.41) is 3.49. The summed E-state index contributed by atoms with van der Waals surface area (Å²) in [7, 11) is 0. The first kappa shape index (κ1) is 24.0. The maximum atomic E-state index is 12.9. The van der Waals surface area contributed by atoms with Crippen LogP contribution in [0.25, 0.3) is 10.9 Å². The highest BCUT2D eigenvalue weighted by Gasteiger charge is 2.23. The van der Waals surface area contributed by atoms with E-state index in [1.807, 2.05) is 29.2 Å². The van der Waals surface area contributed by atoms with Gasteiger partial charge >= 0.3 is 0 Å². The summed E-state index contributed by atoms with van der Waals surface area (Å²) in [4.78, 5) is 42.4. The number of nitrogens with zero attached hydrogens (tertiary/aromatic N) is 3. The molecular weight excluding hydrogens is 404 g/mol. The van der Waals surface area contributed by atoms with E-state index in [1.54, 1.807) is 10.8 Å². The van der Waals surface area contributed by atoms with Gasteiger partial charge in [0.1, 0.15) is 6.54 Å². The van der Waals surface area contributed by atoms with Crippen molar-refractivity contribution in [1.29, 1.82) is 0 Å². The molecule has 7 heteroatoms. The van der Waals surface area contributed by atoms with Gasteiger partial charge in [-0.3, -0.25) is 14.4 Å². The number of hydrogen-bond acceptors (Lipinski definition) is 4. The summed E-state index contributed by atoms with van der Waals surface area (Å²) in [6, 6.07) is 7.45. The van der Waals surface area contributed by atoms with Crippen molar-refractivity contribution in [3.8, 4) is 0 Å². The van der Waals surface area contributed by atoms with Gasteiger partial charge in [-0.15, -0.1) is 0 Å². The van der Waals surface area contributed by atoms with Crippen molar-refractivity contribution in [2.75, 3.05) is 39.3 Å². The Kier molecular flexibility index (Phi) is 8.85. The molecule has 1 aliphatic heterocycles. The molecular formula is C25H36N4O3. The molecule has 1 aromatic heterocycles. The summed E-state index contributed by atoms with van der Waals surface area (Å²) < 4.78 is 1.80. The number of aromatic nitrogens is 1. The number of amides is 2. The molecule has 174 valence electrons. The fraction of sp³-hybridized carbons (Fsp3) is 0.560. The van der Waals surface area contributed by atoms with Gasteiger partial charge in [-0.05, 0) is 57.8 Å². The Morgan fingerprint density at radius 3 is 2.38 bits per heavy atom. The smallest absolute Gasteiger partial charge is 0.292 e. The third-order valence-electron chi connectivity index (χ3n) is 6.02. The molecule has 0 bridgehead atoms. The maximum absolute atomic E-state index is 12.9. The first-order valence-corrected chi connectivity index (χ1v) is 12.0. The van der Waals surface area contributed by atoms with Crippen molar-refractivity contribution >= 4 is 28.5 Å². The number of ketones is 1. The van der Waals surface area contributed by atoms with E-state index in [9.17, 15) is 14.4 Å². The third-order valence-corrected chi connectivity index (χ3v) is 6.02. The summed E-state index contributed by atoms with van der Waals surface area (Å²) in [6.07, 6.45) is 6.76. The number of Topliss-reactive ketones (excluding diaryl/α,β-unsaturated/α-hetero) is 1. The van der Waals surface area contributed by atoms with Gasteiger partial charge < -0.3 is 19.7 Å². The molecule has 1 saturated heterocycles. The van der Waals surface area contributed by atoms with Gasteiger partial charge in [-0.25, -0.2) is 0 Å². The number of carbonyl (C=O) groups excluding carboxylic acids is 3. The number of benzene rings is 1. The molecule has 0 spiro atoms. The van der Waals surface area contributed by atoms with Crippen LogP contribution >= 0.6 is 0 Å². The Morgan fingerprint density at radius 2 is 1.69 bits per heavy atom. The molecule has 0 radical (unpaired) electrons. The van der Waals surface area contributed by atoms with E-state index >= 15 is 0 Å². The summed E-state index contributed by atoms with van der Waals surface area (Å²) in [5.41, 5.74) is 1.15. The van der Waals surface area contributed by atoms with Crippen LogP contribution in [0.1, 0.15) is 56.3 Å². The highest BCUT2D eigenvalue weighted by atomic mass is 16.2. The first-order valence-electron chi connectivity index (χ1n) is 12.0. The summed E-state index contributed by atoms with van der Waals surface area (Å²) in [6.45, 7) is 9.58. The lowest BCUT2D eigenvalue weighted by atomic mass is 10.1. The number of rotatable bonds is 12. The molecule has 1 fully saturated rings. The van der Waals surface area contributed by atoms with Crippen LogP contribution in [0.5, 0.6) is 0 Å². The van der Waals surface area contributed by atoms with E-state index < -0.39 is 11.7 Å². The molecule has 7 nitrogen and oxygen atoms in total. The monoisotopic (exact) mass is 440 g/mol. The standard InChI is InChI=1S/C25H36N4O3/c1-3-13-27(14-4-2)15-9-12-26-25(32)24(31)21-18-29(22-11-6-5-10-20(21)22)19-23(30)28-16-7-8-17-28/h5-6,10-11,18H,3-4,7-9,12-17,19H2,1-2H3,(H,26,32). The molecule has 0 atom stereocenters. The minimum Gasteiger partial charge on any atom is -0.349 e. The molecule has 3 rings (SSSR count). The lowest BCUT2D eigenvalue weighted by Crippen LogP contribution is -2.34. The molecule has 1 aromatic carbocycles. The van der Waals surface area contributed by atoms with Crippen molar-refractivity contribution in [2.24, 2.45) is 0 Å². The molecule has 0 aliphatic carbocycles. The van der Waals surface area contributed by atoms with Crippen LogP contribution in [0.15, 0.2) is 30.5 Å². The second kappa shape index (κ2) is 11.8. The van der Waals surface area contributed by atoms with Crippen LogP contribution in [0.3, 0.4) is 0 Å².